The van der Waals surface area contributed by atoms with Crippen LogP contribution in [0.5, 0.6) is 0 Å². The van der Waals surface area contributed by atoms with Crippen molar-refractivity contribution in [2.24, 2.45) is 0 Å². The molecule has 0 saturated carbocycles. The predicted octanol–water partition coefficient (Wildman–Crippen LogP) is 1.74. The minimum absolute atomic E-state index is 0.211. The molecule has 0 spiro atoms. The van der Waals surface area contributed by atoms with Crippen molar-refractivity contribution in [3.8, 4) is 0 Å². The highest BCUT2D eigenvalue weighted by Gasteiger charge is 2.17. The molecule has 1 heterocycles. The van der Waals surface area contributed by atoms with Gasteiger partial charge in [0.25, 0.3) is 0 Å². The molecule has 0 bridgehead atoms. The summed E-state index contributed by atoms with van der Waals surface area (Å²) in [5.74, 6) is -0.526. The fourth-order valence-electron chi connectivity index (χ4n) is 1.38. The number of carboxylic acid groups (broad SMARTS) is 1. The van der Waals surface area contributed by atoms with Crippen LogP contribution in [0.2, 0.25) is 0 Å². The van der Waals surface area contributed by atoms with Crippen LogP contribution in [0.3, 0.4) is 0 Å². The van der Waals surface area contributed by atoms with Gasteiger partial charge < -0.3 is 10.0 Å². The zero-order valence-corrected chi connectivity index (χ0v) is 10.4. The number of thioether (sulfide) groups is 1. The fourth-order valence-corrected chi connectivity index (χ4v) is 1.74. The topological polar surface area (TPSA) is 66.3 Å². The van der Waals surface area contributed by atoms with Crippen molar-refractivity contribution in [1.82, 2.24) is 10.2 Å². The Bertz CT molecular complexity index is 380. The van der Waals surface area contributed by atoms with Gasteiger partial charge in [0.15, 0.2) is 5.82 Å². The van der Waals surface area contributed by atoms with Crippen LogP contribution in [0.1, 0.15) is 24.2 Å². The van der Waals surface area contributed by atoms with Crippen LogP contribution in [0.25, 0.3) is 0 Å². The summed E-state index contributed by atoms with van der Waals surface area (Å²) in [6.45, 7) is 5.34. The Morgan fingerprint density at radius 2 is 2.06 bits per heavy atom. The first-order valence-electron chi connectivity index (χ1n) is 5.03. The summed E-state index contributed by atoms with van der Waals surface area (Å²) < 4.78 is 0. The minimum Gasteiger partial charge on any atom is -0.478 e. The zero-order valence-electron chi connectivity index (χ0n) is 9.60. The van der Waals surface area contributed by atoms with Gasteiger partial charge in [0.05, 0.1) is 0 Å². The first-order valence-corrected chi connectivity index (χ1v) is 6.26. The third-order valence-corrected chi connectivity index (χ3v) is 2.87. The van der Waals surface area contributed by atoms with E-state index in [1.807, 2.05) is 25.0 Å². The molecular formula is C10H15N3O2S. The summed E-state index contributed by atoms with van der Waals surface area (Å²) in [6, 6.07) is 1.56. The van der Waals surface area contributed by atoms with Crippen LogP contribution in [0.4, 0.5) is 5.82 Å². The molecule has 1 N–H and O–H groups in total. The SMILES string of the molecule is CCN(CC)c1nnc(SC)cc1C(=O)O. The fraction of sp³-hybridized carbons (Fsp3) is 0.500. The zero-order chi connectivity index (χ0) is 12.1. The maximum atomic E-state index is 11.1. The number of hydrogen-bond acceptors (Lipinski definition) is 5. The minimum atomic E-state index is -0.966. The van der Waals surface area contributed by atoms with Gasteiger partial charge in [-0.25, -0.2) is 4.79 Å². The molecule has 0 unspecified atom stereocenters. The number of hydrogen-bond donors (Lipinski definition) is 1. The predicted molar refractivity (Wildman–Crippen MR) is 64.3 cm³/mol. The summed E-state index contributed by atoms with van der Waals surface area (Å²) in [5, 5.41) is 17.7. The van der Waals surface area contributed by atoms with Gasteiger partial charge in [-0.15, -0.1) is 22.0 Å². The maximum Gasteiger partial charge on any atom is 0.339 e. The van der Waals surface area contributed by atoms with Gasteiger partial charge in [0.1, 0.15) is 10.6 Å². The van der Waals surface area contributed by atoms with Crippen molar-refractivity contribution in [2.45, 2.75) is 18.9 Å². The maximum absolute atomic E-state index is 11.1. The summed E-state index contributed by atoms with van der Waals surface area (Å²) >= 11 is 1.38. The molecule has 6 heteroatoms. The highest BCUT2D eigenvalue weighted by Crippen LogP contribution is 2.21. The van der Waals surface area contributed by atoms with Crippen LogP contribution >= 0.6 is 11.8 Å². The number of nitrogens with zero attached hydrogens (tertiary/aromatic N) is 3. The monoisotopic (exact) mass is 241 g/mol. The molecule has 0 aliphatic carbocycles. The largest absolute Gasteiger partial charge is 0.478 e. The number of anilines is 1. The van der Waals surface area contributed by atoms with E-state index in [2.05, 4.69) is 10.2 Å². The molecule has 0 amide bonds. The van der Waals surface area contributed by atoms with Crippen LogP contribution in [-0.2, 0) is 0 Å². The number of aromatic nitrogens is 2. The van der Waals surface area contributed by atoms with Gasteiger partial charge in [-0.05, 0) is 26.2 Å². The van der Waals surface area contributed by atoms with Crippen molar-refractivity contribution in [1.29, 1.82) is 0 Å². The quantitative estimate of drug-likeness (QED) is 0.792. The molecule has 1 rings (SSSR count). The van der Waals surface area contributed by atoms with Crippen molar-refractivity contribution in [3.05, 3.63) is 11.6 Å². The summed E-state index contributed by atoms with van der Waals surface area (Å²) in [4.78, 5) is 13.0. The normalized spacial score (nSPS) is 10.2. The number of carbonyl (C=O) groups is 1. The van der Waals surface area contributed by atoms with Crippen molar-refractivity contribution in [3.63, 3.8) is 0 Å². The van der Waals surface area contributed by atoms with E-state index in [-0.39, 0.29) is 5.56 Å². The van der Waals surface area contributed by atoms with Crippen molar-refractivity contribution in [2.75, 3.05) is 24.2 Å². The first-order chi connectivity index (χ1) is 7.63. The lowest BCUT2D eigenvalue weighted by molar-refractivity contribution is 0.0696. The standard InChI is InChI=1S/C10H15N3O2S/c1-4-13(5-2)9-7(10(14)15)6-8(16-3)11-12-9/h6H,4-5H2,1-3H3,(H,14,15). The summed E-state index contributed by atoms with van der Waals surface area (Å²) in [5.41, 5.74) is 0.211. The molecule has 5 nitrogen and oxygen atoms in total. The van der Waals surface area contributed by atoms with Gasteiger partial charge in [-0.1, -0.05) is 0 Å². The molecule has 0 saturated heterocycles. The summed E-state index contributed by atoms with van der Waals surface area (Å²) in [6.07, 6.45) is 1.84. The Kier molecular flexibility index (Phi) is 4.54. The van der Waals surface area contributed by atoms with Gasteiger partial charge in [-0.2, -0.15) is 0 Å². The molecule has 0 radical (unpaired) electrons. The third-order valence-electron chi connectivity index (χ3n) is 2.25. The Labute approximate surface area is 98.9 Å². The second-order valence-corrected chi connectivity index (χ2v) is 3.93. The van der Waals surface area contributed by atoms with Crippen LogP contribution in [0.15, 0.2) is 11.1 Å². The highest BCUT2D eigenvalue weighted by atomic mass is 32.2. The molecule has 16 heavy (non-hydrogen) atoms. The molecule has 0 atom stereocenters. The number of rotatable bonds is 5. The van der Waals surface area contributed by atoms with E-state index in [0.717, 1.165) is 0 Å². The highest BCUT2D eigenvalue weighted by molar-refractivity contribution is 7.98. The smallest absolute Gasteiger partial charge is 0.339 e. The molecular weight excluding hydrogens is 226 g/mol. The molecule has 0 aromatic carbocycles. The van der Waals surface area contributed by atoms with Gasteiger partial charge >= 0.3 is 5.97 Å². The second kappa shape index (κ2) is 5.69. The molecule has 0 aliphatic heterocycles. The molecule has 88 valence electrons. The van der Waals surface area contributed by atoms with E-state index in [0.29, 0.717) is 23.9 Å². The van der Waals surface area contributed by atoms with Crippen LogP contribution in [0, 0.1) is 0 Å². The Morgan fingerprint density at radius 1 is 1.44 bits per heavy atom. The van der Waals surface area contributed by atoms with E-state index in [9.17, 15) is 4.79 Å². The van der Waals surface area contributed by atoms with Gasteiger partial charge in [-0.3, -0.25) is 0 Å². The molecule has 0 aliphatic rings. The van der Waals surface area contributed by atoms with E-state index < -0.39 is 5.97 Å². The Morgan fingerprint density at radius 3 is 2.50 bits per heavy atom. The summed E-state index contributed by atoms with van der Waals surface area (Å²) in [7, 11) is 0. The van der Waals surface area contributed by atoms with E-state index in [1.54, 1.807) is 6.07 Å². The van der Waals surface area contributed by atoms with E-state index >= 15 is 0 Å². The molecule has 1 aromatic rings. The molecule has 1 aromatic heterocycles. The van der Waals surface area contributed by atoms with E-state index in [1.165, 1.54) is 11.8 Å². The van der Waals surface area contributed by atoms with Crippen molar-refractivity contribution >= 4 is 23.5 Å². The average molecular weight is 241 g/mol. The lowest BCUT2D eigenvalue weighted by Crippen LogP contribution is -2.26. The Hall–Kier alpha value is -1.30. The average Bonchev–Trinajstić information content (AvgIpc) is 2.30. The van der Waals surface area contributed by atoms with Crippen LogP contribution in [-0.4, -0.2) is 40.6 Å². The first kappa shape index (κ1) is 12.8. The number of carboxylic acids is 1. The van der Waals surface area contributed by atoms with Crippen LogP contribution < -0.4 is 4.90 Å². The van der Waals surface area contributed by atoms with Gasteiger partial charge in [0.2, 0.25) is 0 Å². The third kappa shape index (κ3) is 2.63. The second-order valence-electron chi connectivity index (χ2n) is 3.10. The number of aromatic carboxylic acids is 1. The molecule has 0 fully saturated rings. The Balaban J connectivity index is 3.21. The lowest BCUT2D eigenvalue weighted by Gasteiger charge is -2.20. The lowest BCUT2D eigenvalue weighted by atomic mass is 10.2. The van der Waals surface area contributed by atoms with Crippen molar-refractivity contribution < 1.29 is 9.90 Å². The van der Waals surface area contributed by atoms with E-state index in [4.69, 9.17) is 5.11 Å². The van der Waals surface area contributed by atoms with Gasteiger partial charge in [0, 0.05) is 13.1 Å².